The summed E-state index contributed by atoms with van der Waals surface area (Å²) in [5.41, 5.74) is 7.00. The van der Waals surface area contributed by atoms with E-state index >= 15 is 0 Å². The fraction of sp³-hybridized carbons (Fsp3) is 0.235. The molecule has 0 fully saturated rings. The van der Waals surface area contributed by atoms with Crippen molar-refractivity contribution in [1.82, 2.24) is 10.6 Å². The second kappa shape index (κ2) is 14.4. The van der Waals surface area contributed by atoms with Gasteiger partial charge in [-0.05, 0) is 0 Å². The van der Waals surface area contributed by atoms with Gasteiger partial charge in [-0.1, -0.05) is 0 Å². The van der Waals surface area contributed by atoms with Gasteiger partial charge in [0, 0.05) is 0 Å². The van der Waals surface area contributed by atoms with Crippen molar-refractivity contribution in [2.45, 2.75) is 25.4 Å². The number of hydrogen-bond donors (Lipinski definition) is 3. The third kappa shape index (κ3) is 7.06. The van der Waals surface area contributed by atoms with E-state index in [9.17, 15) is 0 Å². The quantitative estimate of drug-likeness (QED) is 0.129. The summed E-state index contributed by atoms with van der Waals surface area (Å²) in [5.74, 6) is -1.16. The Morgan fingerprint density at radius 1 is 0.767 bits per heavy atom. The molecule has 4 aromatic rings. The first-order chi connectivity index (χ1) is 20.4. The van der Waals surface area contributed by atoms with Crippen LogP contribution in [-0.2, 0) is 0 Å². The van der Waals surface area contributed by atoms with Crippen molar-refractivity contribution in [3.8, 4) is 5.75 Å². The molecule has 6 nitrogen and oxygen atoms in total. The van der Waals surface area contributed by atoms with Crippen LogP contribution >= 0.6 is 17.2 Å². The van der Waals surface area contributed by atoms with Crippen LogP contribution in [0.1, 0.15) is 31.0 Å². The molecule has 0 spiro atoms. The average molecular weight is 681 g/mol. The monoisotopic (exact) mass is 679 g/mol. The zero-order valence-electron chi connectivity index (χ0n) is 24.7. The van der Waals surface area contributed by atoms with E-state index in [1.54, 1.807) is 0 Å². The molecule has 0 amide bonds. The van der Waals surface area contributed by atoms with E-state index in [4.69, 9.17) is 21.7 Å². The number of aliphatic imine (C=N–C) groups is 1. The number of nitrogens with one attached hydrogen (secondary N) is 2. The number of unbranched alkanes of at least 4 members (excludes halogenated alkanes) is 2. The number of rotatable bonds is 11. The minimum absolute atomic E-state index is 0. The minimum Gasteiger partial charge on any atom is -1.00 e. The molecule has 0 aliphatic carbocycles. The van der Waals surface area contributed by atoms with Crippen LogP contribution in [0.25, 0.3) is 0 Å². The van der Waals surface area contributed by atoms with Crippen LogP contribution in [0.3, 0.4) is 0 Å². The molecule has 226 valence electrons. The van der Waals surface area contributed by atoms with Gasteiger partial charge in [0.2, 0.25) is 0 Å². The van der Waals surface area contributed by atoms with Crippen molar-refractivity contribution in [3.63, 3.8) is 0 Å². The summed E-state index contributed by atoms with van der Waals surface area (Å²) in [4.78, 5) is 4.48. The van der Waals surface area contributed by atoms with Crippen molar-refractivity contribution in [2.75, 3.05) is 26.9 Å². The molecule has 5 rings (SSSR count). The Bertz CT molecular complexity index is 1430. The van der Waals surface area contributed by atoms with Gasteiger partial charge in [-0.15, -0.1) is 0 Å². The Balaban J connectivity index is 0.00000423. The molecule has 9 heteroatoms. The Labute approximate surface area is 270 Å². The third-order valence-corrected chi connectivity index (χ3v) is 15.4. The van der Waals surface area contributed by atoms with Gasteiger partial charge in [0.15, 0.2) is 0 Å². The number of ether oxygens (including phenoxy) is 1. The Morgan fingerprint density at radius 2 is 1.28 bits per heavy atom. The van der Waals surface area contributed by atoms with Gasteiger partial charge in [0.1, 0.15) is 0 Å². The van der Waals surface area contributed by atoms with Gasteiger partial charge in [0.25, 0.3) is 5.96 Å². The Morgan fingerprint density at radius 3 is 1.77 bits per heavy atom. The smallest absolute Gasteiger partial charge is 1.00 e. The number of benzene rings is 4. The van der Waals surface area contributed by atoms with E-state index in [1.807, 2.05) is 42.9 Å². The molecular formula is C34H40BrClN5OP. The van der Waals surface area contributed by atoms with E-state index in [-0.39, 0.29) is 23.1 Å². The van der Waals surface area contributed by atoms with Crippen molar-refractivity contribution in [2.24, 2.45) is 10.7 Å². The fourth-order valence-corrected chi connectivity index (χ4v) is 11.8. The second-order valence-corrected chi connectivity index (χ2v) is 17.4. The first-order valence-corrected chi connectivity index (χ1v) is 17.7. The molecule has 43 heavy (non-hydrogen) atoms. The Kier molecular flexibility index (Phi) is 10.9. The van der Waals surface area contributed by atoms with Crippen molar-refractivity contribution in [1.29, 1.82) is 0 Å². The first-order valence-electron chi connectivity index (χ1n) is 14.4. The van der Waals surface area contributed by atoms with Crippen molar-refractivity contribution < 1.29 is 26.3 Å². The summed E-state index contributed by atoms with van der Waals surface area (Å²) >= 11 is 8.17. The number of nitrogens with zero attached hydrogens (tertiary/aromatic N) is 2. The summed E-state index contributed by atoms with van der Waals surface area (Å²) in [6, 6.07) is 40.1. The topological polar surface area (TPSA) is 74.7 Å². The molecular weight excluding hydrogens is 641 g/mol. The van der Waals surface area contributed by atoms with Crippen LogP contribution < -0.4 is 54.0 Å². The van der Waals surface area contributed by atoms with Crippen molar-refractivity contribution >= 4 is 45.0 Å². The van der Waals surface area contributed by atoms with E-state index in [0.29, 0.717) is 12.6 Å². The normalized spacial score (nSPS) is 15.5. The SMILES string of the molecule is C[N+](C)=C1NC(N)=NC(c2ccc(OCCCCCP(Cl)(c3ccccc3)(c3ccccc3)c3ccccc3)cc2)N1.[Br-]. The maximum absolute atomic E-state index is 8.17. The molecule has 0 saturated carbocycles. The minimum atomic E-state index is -3.21. The van der Waals surface area contributed by atoms with E-state index < -0.39 is 5.96 Å². The van der Waals surface area contributed by atoms with Gasteiger partial charge in [-0.3, -0.25) is 4.58 Å². The van der Waals surface area contributed by atoms with E-state index in [2.05, 4.69) is 107 Å². The maximum atomic E-state index is 8.17. The van der Waals surface area contributed by atoms with Gasteiger partial charge in [-0.25, -0.2) is 5.32 Å². The summed E-state index contributed by atoms with van der Waals surface area (Å²) in [6.07, 6.45) is 3.60. The molecule has 1 aliphatic heterocycles. The predicted molar refractivity (Wildman–Crippen MR) is 179 cm³/mol. The molecule has 0 aromatic heterocycles. The average Bonchev–Trinajstić information content (AvgIpc) is 3.04. The van der Waals surface area contributed by atoms with E-state index in [1.165, 1.54) is 15.9 Å². The van der Waals surface area contributed by atoms with Crippen LogP contribution in [0.2, 0.25) is 0 Å². The molecule has 1 unspecified atom stereocenters. The van der Waals surface area contributed by atoms with Gasteiger partial charge in [-0.2, -0.15) is 0 Å². The van der Waals surface area contributed by atoms with E-state index in [0.717, 1.165) is 42.7 Å². The van der Waals surface area contributed by atoms with Gasteiger partial charge < -0.3 is 22.7 Å². The Hall–Kier alpha value is -3.38. The number of nitrogens with two attached hydrogens (primary N) is 1. The summed E-state index contributed by atoms with van der Waals surface area (Å²) < 4.78 is 8.05. The standard InChI is InChI=1S/C34H39ClN5OP.BrH/c1-40(2)34-38-32(37-33(36)39-34)27-21-23-28(24-22-27)41-25-13-6-14-26-42(35,29-15-7-3-8-16-29,30-17-9-4-10-18-30)31-19-11-5-12-20-31;/h3-5,7-12,15-24,32H,6,13-14,25-26H2,1-2H3,(H3,36,37,38,39);1H. The number of halogens is 2. The number of guanidine groups is 2. The predicted octanol–water partition coefficient (Wildman–Crippen LogP) is 2.06. The van der Waals surface area contributed by atoms with Gasteiger partial charge >= 0.3 is 219 Å². The van der Waals surface area contributed by atoms with Crippen LogP contribution in [0.4, 0.5) is 0 Å². The zero-order valence-corrected chi connectivity index (χ0v) is 27.9. The van der Waals surface area contributed by atoms with Crippen LogP contribution in [-0.4, -0.2) is 43.4 Å². The summed E-state index contributed by atoms with van der Waals surface area (Å²) in [7, 11) is 3.89. The van der Waals surface area contributed by atoms with Crippen LogP contribution in [0, 0.1) is 0 Å². The summed E-state index contributed by atoms with van der Waals surface area (Å²) in [6.45, 7) is 0.648. The molecule has 0 radical (unpaired) electrons. The van der Waals surface area contributed by atoms with Crippen LogP contribution in [0.5, 0.6) is 5.75 Å². The molecule has 4 N–H and O–H groups in total. The van der Waals surface area contributed by atoms with Crippen LogP contribution in [0.15, 0.2) is 120 Å². The summed E-state index contributed by atoms with van der Waals surface area (Å²) in [5, 5.41) is 10.0. The van der Waals surface area contributed by atoms with Crippen molar-refractivity contribution in [3.05, 3.63) is 121 Å². The molecule has 4 aromatic carbocycles. The third-order valence-electron chi connectivity index (χ3n) is 7.81. The molecule has 1 atom stereocenters. The zero-order chi connectivity index (χ0) is 29.4. The fourth-order valence-electron chi connectivity index (χ4n) is 5.56. The first kappa shape index (κ1) is 32.5. The second-order valence-electron chi connectivity index (χ2n) is 10.8. The molecule has 1 heterocycles. The molecule has 0 saturated heterocycles. The molecule has 0 bridgehead atoms. The van der Waals surface area contributed by atoms with Gasteiger partial charge in [0.05, 0.1) is 14.1 Å². The number of hydrogen-bond acceptors (Lipinski definition) is 3. The molecule has 1 aliphatic rings.